The van der Waals surface area contributed by atoms with Crippen LogP contribution in [-0.4, -0.2) is 38.4 Å². The summed E-state index contributed by atoms with van der Waals surface area (Å²) in [5.41, 5.74) is 1.44. The van der Waals surface area contributed by atoms with Crippen LogP contribution < -0.4 is 0 Å². The zero-order valence-electron chi connectivity index (χ0n) is 10.2. The molecule has 6 nitrogen and oxygen atoms in total. The molecule has 0 aromatic carbocycles. The lowest BCUT2D eigenvalue weighted by atomic mass is 10.1. The van der Waals surface area contributed by atoms with Gasteiger partial charge >= 0.3 is 0 Å². The van der Waals surface area contributed by atoms with E-state index in [9.17, 15) is 5.11 Å². The van der Waals surface area contributed by atoms with E-state index in [0.717, 1.165) is 10.0 Å². The predicted octanol–water partition coefficient (Wildman–Crippen LogP) is 1.11. The van der Waals surface area contributed by atoms with E-state index < -0.39 is 6.10 Å². The van der Waals surface area contributed by atoms with E-state index in [1.54, 1.807) is 35.1 Å². The third-order valence-electron chi connectivity index (χ3n) is 2.64. The monoisotopic (exact) mass is 314 g/mol. The number of aliphatic hydroxyl groups excluding tert-OH is 1. The van der Waals surface area contributed by atoms with E-state index >= 15 is 0 Å². The molecular formula is C11H15BrN4O2. The van der Waals surface area contributed by atoms with Crippen LogP contribution in [0.5, 0.6) is 0 Å². The number of rotatable bonds is 5. The van der Waals surface area contributed by atoms with Crippen molar-refractivity contribution in [1.82, 2.24) is 19.6 Å². The summed E-state index contributed by atoms with van der Waals surface area (Å²) in [7, 11) is 3.45. The predicted molar refractivity (Wildman–Crippen MR) is 69.1 cm³/mol. The number of methoxy groups -OCH3 is 1. The van der Waals surface area contributed by atoms with Gasteiger partial charge in [0.25, 0.3) is 0 Å². The Hall–Kier alpha value is -1.18. The molecule has 0 bridgehead atoms. The number of halogens is 1. The largest absolute Gasteiger partial charge is 0.383 e. The summed E-state index contributed by atoms with van der Waals surface area (Å²) in [5.74, 6) is 0. The van der Waals surface area contributed by atoms with Gasteiger partial charge in [-0.05, 0) is 15.9 Å². The SMILES string of the molecule is COCCn1ncc(Br)c1C(O)c1cnn(C)c1. The minimum Gasteiger partial charge on any atom is -0.383 e. The Morgan fingerprint density at radius 3 is 2.83 bits per heavy atom. The van der Waals surface area contributed by atoms with Gasteiger partial charge in [0, 0.05) is 25.9 Å². The maximum absolute atomic E-state index is 10.4. The summed E-state index contributed by atoms with van der Waals surface area (Å²) in [6.07, 6.45) is 4.34. The molecule has 0 saturated heterocycles. The third-order valence-corrected chi connectivity index (χ3v) is 3.25. The number of aryl methyl sites for hydroxylation is 1. The second-order valence-corrected chi connectivity index (χ2v) is 4.80. The van der Waals surface area contributed by atoms with Crippen LogP contribution in [0.25, 0.3) is 0 Å². The zero-order valence-corrected chi connectivity index (χ0v) is 11.8. The molecule has 2 aromatic rings. The van der Waals surface area contributed by atoms with E-state index in [1.807, 2.05) is 7.05 Å². The van der Waals surface area contributed by atoms with Crippen LogP contribution in [0.3, 0.4) is 0 Å². The molecule has 0 aliphatic carbocycles. The molecule has 0 radical (unpaired) electrons. The van der Waals surface area contributed by atoms with Crippen molar-refractivity contribution in [1.29, 1.82) is 0 Å². The molecule has 0 amide bonds. The van der Waals surface area contributed by atoms with E-state index in [-0.39, 0.29) is 0 Å². The second-order valence-electron chi connectivity index (χ2n) is 3.94. The number of ether oxygens (including phenoxy) is 1. The van der Waals surface area contributed by atoms with Crippen LogP contribution in [0.1, 0.15) is 17.4 Å². The molecule has 7 heteroatoms. The average Bonchev–Trinajstić information content (AvgIpc) is 2.92. The Morgan fingerprint density at radius 2 is 2.22 bits per heavy atom. The highest BCUT2D eigenvalue weighted by molar-refractivity contribution is 9.10. The van der Waals surface area contributed by atoms with Gasteiger partial charge in [-0.15, -0.1) is 0 Å². The fourth-order valence-electron chi connectivity index (χ4n) is 1.74. The first kappa shape index (κ1) is 13.3. The average molecular weight is 315 g/mol. The van der Waals surface area contributed by atoms with E-state index in [4.69, 9.17) is 4.74 Å². The van der Waals surface area contributed by atoms with Crippen molar-refractivity contribution in [2.75, 3.05) is 13.7 Å². The zero-order chi connectivity index (χ0) is 13.1. The highest BCUT2D eigenvalue weighted by Crippen LogP contribution is 2.28. The van der Waals surface area contributed by atoms with Crippen LogP contribution in [0.4, 0.5) is 0 Å². The van der Waals surface area contributed by atoms with Gasteiger partial charge in [0.1, 0.15) is 6.10 Å². The van der Waals surface area contributed by atoms with Crippen LogP contribution in [0.15, 0.2) is 23.1 Å². The van der Waals surface area contributed by atoms with Gasteiger partial charge in [-0.1, -0.05) is 0 Å². The number of nitrogens with zero attached hydrogens (tertiary/aromatic N) is 4. The van der Waals surface area contributed by atoms with E-state index in [2.05, 4.69) is 26.1 Å². The topological polar surface area (TPSA) is 65.1 Å². The van der Waals surface area contributed by atoms with Gasteiger partial charge in [0.15, 0.2) is 0 Å². The molecule has 2 aromatic heterocycles. The van der Waals surface area contributed by atoms with Crippen LogP contribution in [0, 0.1) is 0 Å². The summed E-state index contributed by atoms with van der Waals surface area (Å²) in [5, 5.41) is 18.6. The molecule has 0 saturated carbocycles. The van der Waals surface area contributed by atoms with Crippen LogP contribution in [-0.2, 0) is 18.3 Å². The van der Waals surface area contributed by atoms with Gasteiger partial charge in [0.05, 0.1) is 35.7 Å². The van der Waals surface area contributed by atoms with Crippen LogP contribution >= 0.6 is 15.9 Å². The fraction of sp³-hybridized carbons (Fsp3) is 0.455. The maximum atomic E-state index is 10.4. The highest BCUT2D eigenvalue weighted by atomic mass is 79.9. The first-order valence-corrected chi connectivity index (χ1v) is 6.29. The summed E-state index contributed by atoms with van der Waals surface area (Å²) < 4.78 is 9.18. The van der Waals surface area contributed by atoms with Gasteiger partial charge in [-0.25, -0.2) is 0 Å². The van der Waals surface area contributed by atoms with Crippen molar-refractivity contribution in [3.05, 3.63) is 34.3 Å². The summed E-state index contributed by atoms with van der Waals surface area (Å²) in [6.45, 7) is 1.13. The number of aromatic nitrogens is 4. The first-order valence-electron chi connectivity index (χ1n) is 5.50. The Bertz CT molecular complexity index is 523. The molecule has 0 spiro atoms. The van der Waals surface area contributed by atoms with E-state index in [0.29, 0.717) is 18.8 Å². The quantitative estimate of drug-likeness (QED) is 0.898. The molecule has 2 heterocycles. The van der Waals surface area contributed by atoms with Crippen molar-refractivity contribution in [3.63, 3.8) is 0 Å². The molecule has 0 aliphatic heterocycles. The van der Waals surface area contributed by atoms with Gasteiger partial charge in [-0.3, -0.25) is 9.36 Å². The highest BCUT2D eigenvalue weighted by Gasteiger charge is 2.20. The molecule has 98 valence electrons. The number of hydrogen-bond acceptors (Lipinski definition) is 4. The minimum atomic E-state index is -0.757. The van der Waals surface area contributed by atoms with Crippen molar-refractivity contribution in [2.45, 2.75) is 12.6 Å². The Labute approximate surface area is 113 Å². The van der Waals surface area contributed by atoms with Crippen molar-refractivity contribution in [3.8, 4) is 0 Å². The van der Waals surface area contributed by atoms with Gasteiger partial charge in [0.2, 0.25) is 0 Å². The van der Waals surface area contributed by atoms with Gasteiger partial charge < -0.3 is 9.84 Å². The van der Waals surface area contributed by atoms with Gasteiger partial charge in [-0.2, -0.15) is 10.2 Å². The molecular weight excluding hydrogens is 300 g/mol. The summed E-state index contributed by atoms with van der Waals surface area (Å²) >= 11 is 3.40. The van der Waals surface area contributed by atoms with Crippen molar-refractivity contribution in [2.24, 2.45) is 7.05 Å². The Kier molecular flexibility index (Phi) is 4.15. The number of aliphatic hydroxyl groups is 1. The van der Waals surface area contributed by atoms with Crippen molar-refractivity contribution < 1.29 is 9.84 Å². The molecule has 1 unspecified atom stereocenters. The van der Waals surface area contributed by atoms with E-state index in [1.165, 1.54) is 0 Å². The lowest BCUT2D eigenvalue weighted by molar-refractivity contribution is 0.171. The molecule has 0 fully saturated rings. The minimum absolute atomic E-state index is 0.543. The lowest BCUT2D eigenvalue weighted by Crippen LogP contribution is -2.13. The molecule has 1 atom stereocenters. The lowest BCUT2D eigenvalue weighted by Gasteiger charge is -2.12. The fourth-order valence-corrected chi connectivity index (χ4v) is 2.25. The molecule has 0 aliphatic rings. The normalized spacial score (nSPS) is 12.9. The first-order chi connectivity index (χ1) is 8.63. The third kappa shape index (κ3) is 2.63. The smallest absolute Gasteiger partial charge is 0.125 e. The standard InChI is InChI=1S/C11H15BrN4O2/c1-15-7-8(5-13-15)11(17)10-9(12)6-14-16(10)3-4-18-2/h5-7,11,17H,3-4H2,1-2H3. The molecule has 18 heavy (non-hydrogen) atoms. The van der Waals surface area contributed by atoms with Crippen molar-refractivity contribution >= 4 is 15.9 Å². The number of hydrogen-bond donors (Lipinski definition) is 1. The Balaban J connectivity index is 2.28. The summed E-state index contributed by atoms with van der Waals surface area (Å²) in [4.78, 5) is 0. The molecule has 2 rings (SSSR count). The Morgan fingerprint density at radius 1 is 1.44 bits per heavy atom. The summed E-state index contributed by atoms with van der Waals surface area (Å²) in [6, 6.07) is 0. The maximum Gasteiger partial charge on any atom is 0.125 e. The molecule has 1 N–H and O–H groups in total. The van der Waals surface area contributed by atoms with Crippen LogP contribution in [0.2, 0.25) is 0 Å². The second kappa shape index (κ2) is 5.64.